The molecular formula is C22H20N6O. The van der Waals surface area contributed by atoms with Crippen LogP contribution in [-0.4, -0.2) is 31.7 Å². The number of amides is 1. The largest absolute Gasteiger partial charge is 0.344 e. The van der Waals surface area contributed by atoms with Gasteiger partial charge in [-0.1, -0.05) is 36.4 Å². The molecule has 1 amide bonds. The predicted molar refractivity (Wildman–Crippen MR) is 111 cm³/mol. The van der Waals surface area contributed by atoms with Crippen LogP contribution in [0.1, 0.15) is 29.8 Å². The minimum absolute atomic E-state index is 0.0764. The van der Waals surface area contributed by atoms with Crippen molar-refractivity contribution in [3.05, 3.63) is 72.1 Å². The van der Waals surface area contributed by atoms with E-state index in [2.05, 4.69) is 42.5 Å². The molecule has 1 aliphatic heterocycles. The topological polar surface area (TPSA) is 86.8 Å². The van der Waals surface area contributed by atoms with Gasteiger partial charge in [-0.3, -0.25) is 9.89 Å². The van der Waals surface area contributed by atoms with Crippen LogP contribution in [0.15, 0.2) is 60.9 Å². The van der Waals surface area contributed by atoms with Crippen molar-refractivity contribution in [1.82, 2.24) is 25.5 Å². The van der Waals surface area contributed by atoms with Gasteiger partial charge in [-0.15, -0.1) is 0 Å². The molecule has 0 fully saturated rings. The van der Waals surface area contributed by atoms with Gasteiger partial charge in [0.15, 0.2) is 5.65 Å². The van der Waals surface area contributed by atoms with E-state index in [0.29, 0.717) is 23.3 Å². The first-order valence-corrected chi connectivity index (χ1v) is 9.46. The average molecular weight is 384 g/mol. The maximum atomic E-state index is 12.7. The molecule has 1 aliphatic rings. The van der Waals surface area contributed by atoms with Gasteiger partial charge in [0, 0.05) is 24.5 Å². The average Bonchev–Trinajstić information content (AvgIpc) is 3.15. The Balaban J connectivity index is 1.65. The van der Waals surface area contributed by atoms with Crippen LogP contribution in [0.2, 0.25) is 0 Å². The normalized spacial score (nSPS) is 15.2. The summed E-state index contributed by atoms with van der Waals surface area (Å²) in [6.07, 6.45) is 3.28. The van der Waals surface area contributed by atoms with Crippen molar-refractivity contribution in [3.63, 3.8) is 0 Å². The number of fused-ring (bicyclic) bond motifs is 2. The van der Waals surface area contributed by atoms with Crippen molar-refractivity contribution in [2.24, 2.45) is 0 Å². The van der Waals surface area contributed by atoms with Gasteiger partial charge in [0.1, 0.15) is 16.9 Å². The molecule has 0 atom stereocenters. The summed E-state index contributed by atoms with van der Waals surface area (Å²) in [6.45, 7) is 4.70. The molecule has 5 rings (SSSR count). The van der Waals surface area contributed by atoms with Crippen LogP contribution in [-0.2, 0) is 6.54 Å². The van der Waals surface area contributed by atoms with Gasteiger partial charge < -0.3 is 10.2 Å². The molecule has 3 heterocycles. The lowest BCUT2D eigenvalue weighted by molar-refractivity contribution is 0.0897. The summed E-state index contributed by atoms with van der Waals surface area (Å²) in [7, 11) is 0. The molecule has 0 unspecified atom stereocenters. The lowest BCUT2D eigenvalue weighted by atomic mass is 9.97. The summed E-state index contributed by atoms with van der Waals surface area (Å²) in [5.41, 5.74) is 5.12. The summed E-state index contributed by atoms with van der Waals surface area (Å²) < 4.78 is 0. The predicted octanol–water partition coefficient (Wildman–Crippen LogP) is 3.51. The molecule has 29 heavy (non-hydrogen) atoms. The molecule has 0 saturated heterocycles. The molecule has 144 valence electrons. The van der Waals surface area contributed by atoms with E-state index in [-0.39, 0.29) is 5.91 Å². The Hall–Kier alpha value is -3.74. The first-order valence-electron chi connectivity index (χ1n) is 9.46. The van der Waals surface area contributed by atoms with Gasteiger partial charge in [-0.2, -0.15) is 5.10 Å². The number of nitrogens with one attached hydrogen (secondary N) is 2. The number of hydrogen-bond donors (Lipinski definition) is 2. The summed E-state index contributed by atoms with van der Waals surface area (Å²) in [5, 5.41) is 10.4. The molecule has 0 bridgehead atoms. The van der Waals surface area contributed by atoms with Crippen LogP contribution < -0.4 is 10.2 Å². The number of anilines is 1. The molecule has 0 radical (unpaired) electrons. The number of carbonyl (C=O) groups is 1. The smallest absolute Gasteiger partial charge is 0.255 e. The Morgan fingerprint density at radius 3 is 2.66 bits per heavy atom. The van der Waals surface area contributed by atoms with E-state index in [1.165, 1.54) is 5.56 Å². The first kappa shape index (κ1) is 17.4. The molecule has 0 spiro atoms. The first-order chi connectivity index (χ1) is 14.0. The highest BCUT2D eigenvalue weighted by atomic mass is 16.2. The van der Waals surface area contributed by atoms with E-state index in [1.807, 2.05) is 50.2 Å². The van der Waals surface area contributed by atoms with Crippen LogP contribution in [0, 0.1) is 0 Å². The van der Waals surface area contributed by atoms with Crippen molar-refractivity contribution >= 4 is 22.8 Å². The molecule has 2 aromatic carbocycles. The lowest BCUT2D eigenvalue weighted by Crippen LogP contribution is -2.60. The molecule has 7 heteroatoms. The van der Waals surface area contributed by atoms with E-state index in [4.69, 9.17) is 0 Å². The second-order valence-corrected chi connectivity index (χ2v) is 7.64. The van der Waals surface area contributed by atoms with Crippen molar-refractivity contribution in [2.75, 3.05) is 4.90 Å². The van der Waals surface area contributed by atoms with Crippen LogP contribution in [0.4, 0.5) is 5.69 Å². The van der Waals surface area contributed by atoms with Gasteiger partial charge in [0.2, 0.25) is 0 Å². The third kappa shape index (κ3) is 2.91. The number of hydrogen-bond acceptors (Lipinski definition) is 5. The number of aromatic amines is 1. The van der Waals surface area contributed by atoms with Gasteiger partial charge >= 0.3 is 0 Å². The van der Waals surface area contributed by atoms with Gasteiger partial charge in [0.25, 0.3) is 5.91 Å². The summed E-state index contributed by atoms with van der Waals surface area (Å²) >= 11 is 0. The number of carbonyl (C=O) groups excluding carboxylic acids is 1. The number of benzene rings is 2. The zero-order valence-corrected chi connectivity index (χ0v) is 16.2. The second kappa shape index (κ2) is 6.41. The third-order valence-corrected chi connectivity index (χ3v) is 5.28. The highest BCUT2D eigenvalue weighted by Crippen LogP contribution is 2.36. The van der Waals surface area contributed by atoms with Crippen LogP contribution in [0.25, 0.3) is 22.4 Å². The SMILES string of the molecule is CC1(C)NC(=O)c2ccc(-c3n[nH]c4nccnc34)cc2N1Cc1ccccc1. The number of aromatic nitrogens is 4. The fourth-order valence-electron chi connectivity index (χ4n) is 3.81. The maximum Gasteiger partial charge on any atom is 0.255 e. The minimum Gasteiger partial charge on any atom is -0.344 e. The van der Waals surface area contributed by atoms with Gasteiger partial charge in [-0.05, 0) is 31.5 Å². The van der Waals surface area contributed by atoms with Crippen LogP contribution >= 0.6 is 0 Å². The molecular weight excluding hydrogens is 364 g/mol. The standard InChI is InChI=1S/C22H20N6O/c1-22(2)25-21(29)16-9-8-15(18-19-20(27-26-18)24-11-10-23-19)12-17(16)28(22)13-14-6-4-3-5-7-14/h3-12H,13H2,1-2H3,(H,25,29)(H,24,26,27). The van der Waals surface area contributed by atoms with E-state index >= 15 is 0 Å². The van der Waals surface area contributed by atoms with Crippen molar-refractivity contribution in [3.8, 4) is 11.3 Å². The summed E-state index contributed by atoms with van der Waals surface area (Å²) in [6, 6.07) is 16.0. The van der Waals surface area contributed by atoms with Gasteiger partial charge in [0.05, 0.1) is 11.3 Å². The zero-order valence-electron chi connectivity index (χ0n) is 16.2. The quantitative estimate of drug-likeness (QED) is 0.564. The maximum absolute atomic E-state index is 12.7. The van der Waals surface area contributed by atoms with Crippen molar-refractivity contribution in [2.45, 2.75) is 26.1 Å². The third-order valence-electron chi connectivity index (χ3n) is 5.28. The molecule has 7 nitrogen and oxygen atoms in total. The van der Waals surface area contributed by atoms with E-state index < -0.39 is 5.66 Å². The second-order valence-electron chi connectivity index (χ2n) is 7.64. The Morgan fingerprint density at radius 1 is 1.03 bits per heavy atom. The van der Waals surface area contributed by atoms with Crippen molar-refractivity contribution < 1.29 is 4.79 Å². The lowest BCUT2D eigenvalue weighted by Gasteiger charge is -2.45. The highest BCUT2D eigenvalue weighted by Gasteiger charge is 2.36. The fraction of sp³-hybridized carbons (Fsp3) is 0.182. The molecule has 2 N–H and O–H groups in total. The Bertz CT molecular complexity index is 1210. The van der Waals surface area contributed by atoms with Gasteiger partial charge in [-0.25, -0.2) is 9.97 Å². The Labute approximate surface area is 167 Å². The number of H-pyrrole nitrogens is 1. The molecule has 0 aliphatic carbocycles. The number of nitrogens with zero attached hydrogens (tertiary/aromatic N) is 4. The van der Waals surface area contributed by atoms with E-state index in [9.17, 15) is 4.79 Å². The molecule has 0 saturated carbocycles. The van der Waals surface area contributed by atoms with Crippen LogP contribution in [0.5, 0.6) is 0 Å². The van der Waals surface area contributed by atoms with Crippen LogP contribution in [0.3, 0.4) is 0 Å². The van der Waals surface area contributed by atoms with E-state index in [1.54, 1.807) is 12.4 Å². The summed E-state index contributed by atoms with van der Waals surface area (Å²) in [4.78, 5) is 23.6. The molecule has 4 aromatic rings. The van der Waals surface area contributed by atoms with E-state index in [0.717, 1.165) is 16.9 Å². The monoisotopic (exact) mass is 384 g/mol. The Morgan fingerprint density at radius 2 is 1.83 bits per heavy atom. The Kier molecular flexibility index (Phi) is 3.84. The highest BCUT2D eigenvalue weighted by molar-refractivity contribution is 6.03. The minimum atomic E-state index is -0.536. The number of rotatable bonds is 3. The summed E-state index contributed by atoms with van der Waals surface area (Å²) in [5.74, 6) is -0.0764. The fourth-order valence-corrected chi connectivity index (χ4v) is 3.81. The molecule has 2 aromatic heterocycles. The van der Waals surface area contributed by atoms with Crippen molar-refractivity contribution in [1.29, 1.82) is 0 Å². The zero-order chi connectivity index (χ0) is 20.0.